The molecule has 0 saturated carbocycles. The number of fused-ring (bicyclic) bond motifs is 1. The van der Waals surface area contributed by atoms with Crippen molar-refractivity contribution in [3.05, 3.63) is 82.7 Å². The van der Waals surface area contributed by atoms with Crippen molar-refractivity contribution in [1.29, 1.82) is 0 Å². The summed E-state index contributed by atoms with van der Waals surface area (Å²) in [6, 6.07) is 18.7. The maximum atomic E-state index is 14.9. The number of methoxy groups -OCH3 is 2. The first-order chi connectivity index (χ1) is 18.8. The van der Waals surface area contributed by atoms with E-state index in [4.69, 9.17) is 14.2 Å². The first-order valence-electron chi connectivity index (χ1n) is 14.0. The lowest BCUT2D eigenvalue weighted by Crippen LogP contribution is -2.39. The molecular weight excluding hydrogens is 491 g/mol. The predicted molar refractivity (Wildman–Crippen MR) is 157 cm³/mol. The minimum Gasteiger partial charge on any atom is -0.497 e. The summed E-state index contributed by atoms with van der Waals surface area (Å²) >= 11 is 0. The fourth-order valence-electron chi connectivity index (χ4n) is 5.64. The van der Waals surface area contributed by atoms with Crippen LogP contribution in [0.1, 0.15) is 62.3 Å². The van der Waals surface area contributed by atoms with Gasteiger partial charge in [0.25, 0.3) is 0 Å². The number of nitrogens with zero attached hydrogens (tertiary/aromatic N) is 1. The molecule has 1 N–H and O–H groups in total. The van der Waals surface area contributed by atoms with E-state index in [0.717, 1.165) is 48.6 Å². The fourth-order valence-corrected chi connectivity index (χ4v) is 5.64. The van der Waals surface area contributed by atoms with Crippen LogP contribution in [0, 0.1) is 5.82 Å². The molecule has 3 aromatic rings. The lowest BCUT2D eigenvalue weighted by Gasteiger charge is -2.30. The zero-order valence-electron chi connectivity index (χ0n) is 24.2. The summed E-state index contributed by atoms with van der Waals surface area (Å²) in [6.45, 7) is 10.4. The van der Waals surface area contributed by atoms with Gasteiger partial charge in [0.05, 0.1) is 14.2 Å². The molecule has 6 heteroatoms. The predicted octanol–water partition coefficient (Wildman–Crippen LogP) is 7.23. The van der Waals surface area contributed by atoms with Gasteiger partial charge in [0, 0.05) is 36.9 Å². The van der Waals surface area contributed by atoms with Gasteiger partial charge in [0.1, 0.15) is 18.1 Å². The van der Waals surface area contributed by atoms with Gasteiger partial charge >= 0.3 is 0 Å². The van der Waals surface area contributed by atoms with Crippen LogP contribution < -0.4 is 19.5 Å². The highest BCUT2D eigenvalue weighted by molar-refractivity contribution is 5.58. The summed E-state index contributed by atoms with van der Waals surface area (Å²) in [7, 11) is 3.39. The lowest BCUT2D eigenvalue weighted by atomic mass is 9.79. The van der Waals surface area contributed by atoms with Gasteiger partial charge < -0.3 is 19.5 Å². The van der Waals surface area contributed by atoms with Crippen molar-refractivity contribution in [3.8, 4) is 17.2 Å². The highest BCUT2D eigenvalue weighted by Crippen LogP contribution is 2.38. The summed E-state index contributed by atoms with van der Waals surface area (Å²) in [4.78, 5) is 2.34. The largest absolute Gasteiger partial charge is 0.497 e. The number of hydrogen-bond donors (Lipinski definition) is 1. The first kappa shape index (κ1) is 28.8. The molecule has 39 heavy (non-hydrogen) atoms. The number of hydrogen-bond acceptors (Lipinski definition) is 5. The van der Waals surface area contributed by atoms with Crippen molar-refractivity contribution >= 4 is 5.69 Å². The van der Waals surface area contributed by atoms with E-state index in [9.17, 15) is 4.39 Å². The van der Waals surface area contributed by atoms with Crippen LogP contribution in [0.4, 0.5) is 10.1 Å². The third-order valence-electron chi connectivity index (χ3n) is 7.76. The van der Waals surface area contributed by atoms with Gasteiger partial charge in [-0.2, -0.15) is 0 Å². The summed E-state index contributed by atoms with van der Waals surface area (Å²) in [5.74, 6) is 2.07. The number of nitrogens with one attached hydrogen (secondary N) is 1. The highest BCUT2D eigenvalue weighted by atomic mass is 19.1. The van der Waals surface area contributed by atoms with Gasteiger partial charge in [-0.15, -0.1) is 0 Å². The Labute approximate surface area is 233 Å². The molecule has 1 atom stereocenters. The van der Waals surface area contributed by atoms with Crippen molar-refractivity contribution < 1.29 is 18.6 Å². The van der Waals surface area contributed by atoms with Crippen molar-refractivity contribution in [1.82, 2.24) is 4.90 Å². The standard InChI is InChI=1S/C33H43FN2O3/c1-22(2)36(23(3)4)15-16-39-33-14-7-24(17-31(33)34)21-35-32-20-29(38-6)12-13-30(32)27-9-8-26-19-28(37-5)11-10-25(26)18-27/h7,10-14,17,19-20,22-23,27,35H,8-9,15-16,18,21H2,1-6H3. The second kappa shape index (κ2) is 13.2. The zero-order chi connectivity index (χ0) is 27.9. The lowest BCUT2D eigenvalue weighted by molar-refractivity contribution is 0.140. The normalized spacial score (nSPS) is 15.0. The molecule has 210 valence electrons. The molecule has 0 radical (unpaired) electrons. The second-order valence-electron chi connectivity index (χ2n) is 10.9. The Morgan fingerprint density at radius 3 is 2.31 bits per heavy atom. The molecule has 0 bridgehead atoms. The van der Waals surface area contributed by atoms with Gasteiger partial charge in [0.2, 0.25) is 0 Å². The van der Waals surface area contributed by atoms with E-state index >= 15 is 0 Å². The molecule has 1 aliphatic carbocycles. The van der Waals surface area contributed by atoms with E-state index < -0.39 is 0 Å². The second-order valence-corrected chi connectivity index (χ2v) is 10.9. The van der Waals surface area contributed by atoms with Gasteiger partial charge in [-0.05, 0) is 105 Å². The minimum atomic E-state index is -0.333. The Morgan fingerprint density at radius 1 is 0.897 bits per heavy atom. The van der Waals surface area contributed by atoms with Crippen LogP contribution >= 0.6 is 0 Å². The van der Waals surface area contributed by atoms with Crippen LogP contribution in [0.5, 0.6) is 17.2 Å². The molecule has 4 rings (SSSR count). The summed E-state index contributed by atoms with van der Waals surface area (Å²) < 4.78 is 31.6. The van der Waals surface area contributed by atoms with Gasteiger partial charge in [0.15, 0.2) is 11.6 Å². The van der Waals surface area contributed by atoms with Gasteiger partial charge in [-0.1, -0.05) is 18.2 Å². The van der Waals surface area contributed by atoms with Crippen molar-refractivity contribution in [2.75, 3.05) is 32.7 Å². The number of rotatable bonds is 12. The topological polar surface area (TPSA) is 43.0 Å². The third kappa shape index (κ3) is 7.24. The van der Waals surface area contributed by atoms with Crippen LogP contribution in [0.15, 0.2) is 54.6 Å². The smallest absolute Gasteiger partial charge is 0.165 e. The highest BCUT2D eigenvalue weighted by Gasteiger charge is 2.23. The van der Waals surface area contributed by atoms with Crippen molar-refractivity contribution in [3.63, 3.8) is 0 Å². The number of aryl methyl sites for hydroxylation is 1. The molecule has 3 aromatic carbocycles. The fraction of sp³-hybridized carbons (Fsp3) is 0.455. The Hall–Kier alpha value is -3.25. The average molecular weight is 535 g/mol. The molecule has 0 fully saturated rings. The molecule has 0 spiro atoms. The van der Waals surface area contributed by atoms with Crippen LogP contribution in [0.25, 0.3) is 0 Å². The van der Waals surface area contributed by atoms with E-state index in [1.807, 2.05) is 24.3 Å². The molecule has 1 aliphatic rings. The molecule has 1 unspecified atom stereocenters. The van der Waals surface area contributed by atoms with Crippen LogP contribution in [0.2, 0.25) is 0 Å². The van der Waals surface area contributed by atoms with Crippen LogP contribution in [-0.2, 0) is 19.4 Å². The number of halogens is 1. The van der Waals surface area contributed by atoms with E-state index in [1.54, 1.807) is 26.4 Å². The molecule has 0 saturated heterocycles. The summed E-state index contributed by atoms with van der Waals surface area (Å²) in [5, 5.41) is 3.56. The zero-order valence-corrected chi connectivity index (χ0v) is 24.2. The summed E-state index contributed by atoms with van der Waals surface area (Å²) in [6.07, 6.45) is 3.06. The maximum Gasteiger partial charge on any atom is 0.165 e. The van der Waals surface area contributed by atoms with Crippen molar-refractivity contribution in [2.45, 2.75) is 71.5 Å². The quantitative estimate of drug-likeness (QED) is 0.266. The van der Waals surface area contributed by atoms with Gasteiger partial charge in [-0.3, -0.25) is 4.90 Å². The van der Waals surface area contributed by atoms with Crippen LogP contribution in [0.3, 0.4) is 0 Å². The van der Waals surface area contributed by atoms with E-state index in [1.165, 1.54) is 16.7 Å². The Morgan fingerprint density at radius 2 is 1.62 bits per heavy atom. The number of ether oxygens (including phenoxy) is 3. The molecule has 0 aliphatic heterocycles. The Kier molecular flexibility index (Phi) is 9.73. The number of benzene rings is 3. The third-order valence-corrected chi connectivity index (χ3v) is 7.76. The van der Waals surface area contributed by atoms with E-state index in [-0.39, 0.29) is 5.82 Å². The monoisotopic (exact) mass is 534 g/mol. The van der Waals surface area contributed by atoms with Crippen molar-refractivity contribution in [2.24, 2.45) is 0 Å². The SMILES string of the molecule is COc1ccc2c(c1)CCC(c1ccc(OC)cc1NCc1ccc(OCCN(C(C)C)C(C)C)c(F)c1)C2. The maximum absolute atomic E-state index is 14.9. The number of anilines is 1. The molecule has 0 amide bonds. The Balaban J connectivity index is 1.42. The van der Waals surface area contributed by atoms with Gasteiger partial charge in [-0.25, -0.2) is 4.39 Å². The Bertz CT molecular complexity index is 1240. The van der Waals surface area contributed by atoms with E-state index in [2.05, 4.69) is 56.1 Å². The van der Waals surface area contributed by atoms with Crippen LogP contribution in [-0.4, -0.2) is 44.4 Å². The molecule has 0 aromatic heterocycles. The molecule has 5 nitrogen and oxygen atoms in total. The van der Waals surface area contributed by atoms with E-state index in [0.29, 0.717) is 36.9 Å². The summed E-state index contributed by atoms with van der Waals surface area (Å²) in [5.41, 5.74) is 5.89. The average Bonchev–Trinajstić information content (AvgIpc) is 2.93. The minimum absolute atomic E-state index is 0.297. The first-order valence-corrected chi connectivity index (χ1v) is 14.0. The molecule has 0 heterocycles. The molecular formula is C33H43FN2O3.